The van der Waals surface area contributed by atoms with Crippen molar-refractivity contribution < 1.29 is 14.6 Å². The topological polar surface area (TPSA) is 115 Å². The minimum Gasteiger partial charge on any atom is -0.321 e. The van der Waals surface area contributed by atoms with Gasteiger partial charge in [-0.05, 0) is 12.5 Å². The molecule has 0 saturated carbocycles. The number of fused-ring (bicyclic) bond motifs is 1. The molecule has 0 unspecified atom stereocenters. The number of carbonyl (C=O) groups excluding carboxylic acids is 1. The van der Waals surface area contributed by atoms with Crippen LogP contribution in [0.5, 0.6) is 0 Å². The minimum atomic E-state index is -0.589. The number of carbonyl (C=O) groups is 1. The summed E-state index contributed by atoms with van der Waals surface area (Å²) in [5, 5.41) is 25.1. The number of rotatable bonds is 4. The van der Waals surface area contributed by atoms with Gasteiger partial charge in [0.25, 0.3) is 17.3 Å². The minimum absolute atomic E-state index is 0.0990. The summed E-state index contributed by atoms with van der Waals surface area (Å²) in [6.45, 7) is 1.69. The van der Waals surface area contributed by atoms with Crippen LogP contribution in [0.25, 0.3) is 10.1 Å². The second-order valence-electron chi connectivity index (χ2n) is 5.37. The van der Waals surface area contributed by atoms with Gasteiger partial charge in [0.15, 0.2) is 0 Å². The molecule has 0 bridgehead atoms. The van der Waals surface area contributed by atoms with Gasteiger partial charge in [-0.15, -0.1) is 11.3 Å². The Kier molecular flexibility index (Phi) is 4.58. The largest absolute Gasteiger partial charge is 0.321 e. The van der Waals surface area contributed by atoms with Gasteiger partial charge in [0.05, 0.1) is 20.6 Å². The SMILES string of the molecule is Cc1ccc([N+](=O)[O-])cc1NC(=O)c1sc2c([N+](=O)[O-])cccc2c1Cl. The smallest absolute Gasteiger partial charge is 0.287 e. The molecule has 0 aliphatic rings. The number of benzene rings is 2. The van der Waals surface area contributed by atoms with Gasteiger partial charge in [0.1, 0.15) is 9.58 Å². The highest BCUT2D eigenvalue weighted by atomic mass is 35.5. The van der Waals surface area contributed by atoms with Gasteiger partial charge in [0, 0.05) is 23.6 Å². The van der Waals surface area contributed by atoms with E-state index in [-0.39, 0.29) is 27.0 Å². The van der Waals surface area contributed by atoms with E-state index in [0.717, 1.165) is 11.3 Å². The Bertz CT molecular complexity index is 1080. The van der Waals surface area contributed by atoms with Crippen LogP contribution >= 0.6 is 22.9 Å². The third kappa shape index (κ3) is 3.09. The number of nitrogens with zero attached hydrogens (tertiary/aromatic N) is 2. The predicted octanol–water partition coefficient (Wildman–Crippen LogP) is 4.93. The van der Waals surface area contributed by atoms with E-state index in [2.05, 4.69) is 5.32 Å². The molecule has 1 amide bonds. The fourth-order valence-corrected chi connectivity index (χ4v) is 3.89. The predicted molar refractivity (Wildman–Crippen MR) is 99.3 cm³/mol. The molecule has 0 atom stereocenters. The normalized spacial score (nSPS) is 10.7. The van der Waals surface area contributed by atoms with E-state index in [9.17, 15) is 25.0 Å². The van der Waals surface area contributed by atoms with Crippen molar-refractivity contribution in [2.24, 2.45) is 0 Å². The third-order valence-corrected chi connectivity index (χ3v) is 5.45. The highest BCUT2D eigenvalue weighted by Gasteiger charge is 2.23. The van der Waals surface area contributed by atoms with E-state index in [4.69, 9.17) is 11.6 Å². The van der Waals surface area contributed by atoms with Gasteiger partial charge >= 0.3 is 0 Å². The zero-order chi connectivity index (χ0) is 19.0. The number of halogens is 1. The van der Waals surface area contributed by atoms with Crippen molar-refractivity contribution in [1.29, 1.82) is 0 Å². The van der Waals surface area contributed by atoms with E-state index in [1.807, 2.05) is 0 Å². The van der Waals surface area contributed by atoms with Crippen LogP contribution < -0.4 is 5.32 Å². The lowest BCUT2D eigenvalue weighted by Crippen LogP contribution is -2.11. The second kappa shape index (κ2) is 6.70. The molecule has 0 fully saturated rings. The molecule has 1 N–H and O–H groups in total. The van der Waals surface area contributed by atoms with Crippen LogP contribution in [0.3, 0.4) is 0 Å². The quantitative estimate of drug-likeness (QED) is 0.500. The summed E-state index contributed by atoms with van der Waals surface area (Å²) in [6, 6.07) is 8.52. The first kappa shape index (κ1) is 17.8. The molecule has 1 aromatic heterocycles. The van der Waals surface area contributed by atoms with Crippen LogP contribution in [0, 0.1) is 27.2 Å². The summed E-state index contributed by atoms with van der Waals surface area (Å²) in [7, 11) is 0. The number of hydrogen-bond donors (Lipinski definition) is 1. The first-order chi connectivity index (χ1) is 12.3. The maximum atomic E-state index is 12.6. The fraction of sp³-hybridized carbons (Fsp3) is 0.0625. The van der Waals surface area contributed by atoms with Crippen LogP contribution in [0.15, 0.2) is 36.4 Å². The van der Waals surface area contributed by atoms with Gasteiger partial charge in [-0.25, -0.2) is 0 Å². The van der Waals surface area contributed by atoms with Gasteiger partial charge < -0.3 is 5.32 Å². The number of non-ortho nitro benzene ring substituents is 2. The van der Waals surface area contributed by atoms with Crippen molar-refractivity contribution in [3.63, 3.8) is 0 Å². The Balaban J connectivity index is 2.03. The number of nitro groups is 2. The molecule has 10 heteroatoms. The number of amides is 1. The summed E-state index contributed by atoms with van der Waals surface area (Å²) >= 11 is 7.14. The Labute approximate surface area is 155 Å². The van der Waals surface area contributed by atoms with E-state index < -0.39 is 15.8 Å². The van der Waals surface area contributed by atoms with E-state index in [1.54, 1.807) is 13.0 Å². The van der Waals surface area contributed by atoms with Crippen molar-refractivity contribution in [3.05, 3.63) is 72.1 Å². The Morgan fingerprint density at radius 1 is 1.15 bits per heavy atom. The van der Waals surface area contributed by atoms with Crippen molar-refractivity contribution in [3.8, 4) is 0 Å². The summed E-state index contributed by atoms with van der Waals surface area (Å²) < 4.78 is 0.295. The Hall–Kier alpha value is -3.04. The zero-order valence-electron chi connectivity index (χ0n) is 13.2. The van der Waals surface area contributed by atoms with E-state index in [0.29, 0.717) is 15.6 Å². The van der Waals surface area contributed by atoms with Gasteiger partial charge in [-0.3, -0.25) is 25.0 Å². The molecule has 3 aromatic rings. The summed E-state index contributed by atoms with van der Waals surface area (Å²) in [4.78, 5) is 33.6. The van der Waals surface area contributed by atoms with Crippen LogP contribution in [0.2, 0.25) is 5.02 Å². The molecule has 0 aliphatic heterocycles. The van der Waals surface area contributed by atoms with Gasteiger partial charge in [-0.2, -0.15) is 0 Å². The average Bonchev–Trinajstić information content (AvgIpc) is 2.93. The summed E-state index contributed by atoms with van der Waals surface area (Å²) in [5.74, 6) is -0.589. The number of anilines is 1. The van der Waals surface area contributed by atoms with Crippen molar-refractivity contribution in [1.82, 2.24) is 0 Å². The van der Waals surface area contributed by atoms with Crippen LogP contribution in [-0.4, -0.2) is 15.8 Å². The average molecular weight is 392 g/mol. The molecule has 132 valence electrons. The second-order valence-corrected chi connectivity index (χ2v) is 6.77. The molecule has 0 spiro atoms. The molecule has 1 heterocycles. The summed E-state index contributed by atoms with van der Waals surface area (Å²) in [6.07, 6.45) is 0. The monoisotopic (exact) mass is 391 g/mol. The van der Waals surface area contributed by atoms with Crippen LogP contribution in [0.1, 0.15) is 15.2 Å². The van der Waals surface area contributed by atoms with Crippen LogP contribution in [-0.2, 0) is 0 Å². The van der Waals surface area contributed by atoms with E-state index >= 15 is 0 Å². The lowest BCUT2D eigenvalue weighted by Gasteiger charge is -2.07. The zero-order valence-corrected chi connectivity index (χ0v) is 14.8. The first-order valence-electron chi connectivity index (χ1n) is 7.21. The van der Waals surface area contributed by atoms with Crippen LogP contribution in [0.4, 0.5) is 17.1 Å². The maximum absolute atomic E-state index is 12.6. The number of thiophene rings is 1. The molecular formula is C16H10ClN3O5S. The van der Waals surface area contributed by atoms with Gasteiger partial charge in [-0.1, -0.05) is 29.8 Å². The molecule has 8 nitrogen and oxygen atoms in total. The molecule has 26 heavy (non-hydrogen) atoms. The first-order valence-corrected chi connectivity index (χ1v) is 8.41. The lowest BCUT2D eigenvalue weighted by molar-refractivity contribution is -0.384. The van der Waals surface area contributed by atoms with Crippen molar-refractivity contribution in [2.45, 2.75) is 6.92 Å². The standard InChI is InChI=1S/C16H10ClN3O5S/c1-8-5-6-9(19(22)23)7-11(8)18-16(21)15-13(17)10-3-2-4-12(20(24)25)14(10)26-15/h2-7H,1H3,(H,18,21). The highest BCUT2D eigenvalue weighted by Crippen LogP contribution is 2.40. The molecule has 3 rings (SSSR count). The molecule has 0 aliphatic carbocycles. The number of nitro benzene ring substituents is 2. The molecular weight excluding hydrogens is 382 g/mol. The Morgan fingerprint density at radius 3 is 2.54 bits per heavy atom. The fourth-order valence-electron chi connectivity index (χ4n) is 2.40. The third-order valence-electron chi connectivity index (χ3n) is 3.72. The molecule has 0 radical (unpaired) electrons. The number of nitrogens with one attached hydrogen (secondary N) is 1. The van der Waals surface area contributed by atoms with Gasteiger partial charge in [0.2, 0.25) is 0 Å². The number of hydrogen-bond acceptors (Lipinski definition) is 6. The van der Waals surface area contributed by atoms with E-state index in [1.165, 1.54) is 30.3 Å². The molecule has 0 saturated heterocycles. The highest BCUT2D eigenvalue weighted by molar-refractivity contribution is 7.22. The summed E-state index contributed by atoms with van der Waals surface area (Å²) in [5.41, 5.74) is 0.600. The number of aryl methyl sites for hydroxylation is 1. The molecule has 2 aromatic carbocycles. The lowest BCUT2D eigenvalue weighted by atomic mass is 10.1. The van der Waals surface area contributed by atoms with Crippen molar-refractivity contribution in [2.75, 3.05) is 5.32 Å². The maximum Gasteiger partial charge on any atom is 0.287 e. The van der Waals surface area contributed by atoms with Crippen molar-refractivity contribution >= 4 is 56.0 Å². The Morgan fingerprint density at radius 2 is 1.88 bits per heavy atom.